The number of furan rings is 1. The van der Waals surface area contributed by atoms with Crippen molar-refractivity contribution in [2.75, 3.05) is 0 Å². The number of pyridine rings is 1. The van der Waals surface area contributed by atoms with Crippen LogP contribution in [0.15, 0.2) is 174 Å². The predicted octanol–water partition coefficient (Wildman–Crippen LogP) is 12.2. The maximum atomic E-state index is 6.85. The first-order chi connectivity index (χ1) is 25.8. The van der Waals surface area contributed by atoms with Crippen LogP contribution in [0.3, 0.4) is 0 Å². The van der Waals surface area contributed by atoms with Gasteiger partial charge in [-0.3, -0.25) is 4.57 Å². The van der Waals surface area contributed by atoms with E-state index in [0.717, 1.165) is 88.5 Å². The van der Waals surface area contributed by atoms with E-state index in [4.69, 9.17) is 19.4 Å². The number of fused-ring (bicyclic) bond motifs is 10. The van der Waals surface area contributed by atoms with E-state index in [1.807, 2.05) is 30.3 Å². The lowest BCUT2D eigenvalue weighted by Gasteiger charge is -2.12. The maximum Gasteiger partial charge on any atom is 0.165 e. The minimum Gasteiger partial charge on any atom is -0.455 e. The highest BCUT2D eigenvalue weighted by atomic mass is 16.3. The standard InChI is InChI=1S/C47H28N4O/c1-3-14-29(15-4-1)38-28-42(51-39-24-11-8-18-31(39)32-19-9-12-25-40(32)51)50-47(49-38)36-22-13-21-35-44-41(52-46(35)36)27-26-34-43(44)33-20-7-10-23-37(33)48-45(34)30-16-5-2-6-17-30/h1-28H. The summed E-state index contributed by atoms with van der Waals surface area (Å²) in [6, 6.07) is 58.8. The minimum absolute atomic E-state index is 0.601. The van der Waals surface area contributed by atoms with Gasteiger partial charge in [0.25, 0.3) is 0 Å². The van der Waals surface area contributed by atoms with Gasteiger partial charge in [0.15, 0.2) is 5.82 Å². The molecule has 0 saturated heterocycles. The van der Waals surface area contributed by atoms with Crippen molar-refractivity contribution in [3.63, 3.8) is 0 Å². The van der Waals surface area contributed by atoms with Crippen LogP contribution in [0.4, 0.5) is 0 Å². The van der Waals surface area contributed by atoms with Gasteiger partial charge in [0.2, 0.25) is 0 Å². The second-order valence-corrected chi connectivity index (χ2v) is 13.2. The highest BCUT2D eigenvalue weighted by Crippen LogP contribution is 2.43. The van der Waals surface area contributed by atoms with Gasteiger partial charge < -0.3 is 4.42 Å². The molecule has 52 heavy (non-hydrogen) atoms. The molecule has 11 rings (SSSR count). The molecule has 7 aromatic carbocycles. The Bertz CT molecular complexity index is 3130. The largest absolute Gasteiger partial charge is 0.455 e. The van der Waals surface area contributed by atoms with Crippen LogP contribution in [-0.4, -0.2) is 19.5 Å². The molecule has 0 aliphatic heterocycles. The first-order valence-electron chi connectivity index (χ1n) is 17.5. The van der Waals surface area contributed by atoms with E-state index in [9.17, 15) is 0 Å². The summed E-state index contributed by atoms with van der Waals surface area (Å²) in [6.45, 7) is 0. The molecule has 11 aromatic rings. The molecule has 0 atom stereocenters. The molecule has 5 heteroatoms. The van der Waals surface area contributed by atoms with Crippen molar-refractivity contribution in [2.24, 2.45) is 0 Å². The smallest absolute Gasteiger partial charge is 0.165 e. The van der Waals surface area contributed by atoms with Crippen LogP contribution < -0.4 is 0 Å². The Labute approximate surface area is 298 Å². The lowest BCUT2D eigenvalue weighted by atomic mass is 9.96. The first kappa shape index (κ1) is 28.7. The molecule has 0 bridgehead atoms. The second-order valence-electron chi connectivity index (χ2n) is 13.2. The van der Waals surface area contributed by atoms with Gasteiger partial charge in [-0.25, -0.2) is 15.0 Å². The summed E-state index contributed by atoms with van der Waals surface area (Å²) in [5.41, 5.74) is 9.42. The van der Waals surface area contributed by atoms with Crippen LogP contribution in [0, 0.1) is 0 Å². The third-order valence-corrected chi connectivity index (χ3v) is 10.2. The predicted molar refractivity (Wildman–Crippen MR) is 213 cm³/mol. The molecule has 4 aromatic heterocycles. The Morgan fingerprint density at radius 2 is 1.08 bits per heavy atom. The summed E-state index contributed by atoms with van der Waals surface area (Å²) in [4.78, 5) is 15.7. The molecule has 0 amide bonds. The van der Waals surface area contributed by atoms with Crippen LogP contribution >= 0.6 is 0 Å². The van der Waals surface area contributed by atoms with E-state index in [-0.39, 0.29) is 0 Å². The van der Waals surface area contributed by atoms with Crippen molar-refractivity contribution < 1.29 is 4.42 Å². The van der Waals surface area contributed by atoms with Crippen molar-refractivity contribution in [3.05, 3.63) is 170 Å². The van der Waals surface area contributed by atoms with Gasteiger partial charge in [0.05, 0.1) is 33.5 Å². The summed E-state index contributed by atoms with van der Waals surface area (Å²) in [5, 5.41) is 7.74. The van der Waals surface area contributed by atoms with E-state index in [1.165, 1.54) is 10.8 Å². The number of para-hydroxylation sites is 4. The van der Waals surface area contributed by atoms with E-state index in [2.05, 4.69) is 144 Å². The van der Waals surface area contributed by atoms with Gasteiger partial charge in [-0.15, -0.1) is 0 Å². The van der Waals surface area contributed by atoms with Crippen LogP contribution in [0.5, 0.6) is 0 Å². The summed E-state index contributed by atoms with van der Waals surface area (Å²) < 4.78 is 9.10. The van der Waals surface area contributed by atoms with Gasteiger partial charge in [-0.1, -0.05) is 127 Å². The summed E-state index contributed by atoms with van der Waals surface area (Å²) in [7, 11) is 0. The summed E-state index contributed by atoms with van der Waals surface area (Å²) in [6.07, 6.45) is 0. The quantitative estimate of drug-likeness (QED) is 0.176. The van der Waals surface area contributed by atoms with Crippen molar-refractivity contribution in [1.29, 1.82) is 0 Å². The number of nitrogens with zero attached hydrogens (tertiary/aromatic N) is 4. The maximum absolute atomic E-state index is 6.85. The molecule has 0 N–H and O–H groups in total. The third-order valence-electron chi connectivity index (χ3n) is 10.2. The Balaban J connectivity index is 1.22. The zero-order chi connectivity index (χ0) is 34.2. The molecule has 0 fully saturated rings. The van der Waals surface area contributed by atoms with Crippen molar-refractivity contribution in [1.82, 2.24) is 19.5 Å². The molecule has 0 aliphatic carbocycles. The fourth-order valence-corrected chi connectivity index (χ4v) is 7.92. The average Bonchev–Trinajstić information content (AvgIpc) is 3.77. The normalized spacial score (nSPS) is 11.8. The zero-order valence-electron chi connectivity index (χ0n) is 27.9. The summed E-state index contributed by atoms with van der Waals surface area (Å²) >= 11 is 0. The highest BCUT2D eigenvalue weighted by Gasteiger charge is 2.22. The molecule has 0 saturated carbocycles. The van der Waals surface area contributed by atoms with Crippen molar-refractivity contribution in [3.8, 4) is 39.7 Å². The fourth-order valence-electron chi connectivity index (χ4n) is 7.92. The van der Waals surface area contributed by atoms with E-state index in [0.29, 0.717) is 5.82 Å². The minimum atomic E-state index is 0.601. The number of hydrogen-bond donors (Lipinski definition) is 0. The van der Waals surface area contributed by atoms with Crippen LogP contribution in [-0.2, 0) is 0 Å². The van der Waals surface area contributed by atoms with Gasteiger partial charge in [-0.2, -0.15) is 0 Å². The Morgan fingerprint density at radius 1 is 0.442 bits per heavy atom. The van der Waals surface area contributed by atoms with E-state index < -0.39 is 0 Å². The van der Waals surface area contributed by atoms with Gasteiger partial charge >= 0.3 is 0 Å². The van der Waals surface area contributed by atoms with Crippen LogP contribution in [0.2, 0.25) is 0 Å². The number of benzene rings is 7. The van der Waals surface area contributed by atoms with Gasteiger partial charge in [0, 0.05) is 54.9 Å². The Kier molecular flexibility index (Phi) is 6.18. The first-order valence-corrected chi connectivity index (χ1v) is 17.5. The van der Waals surface area contributed by atoms with Gasteiger partial charge in [0.1, 0.15) is 17.0 Å². The fraction of sp³-hybridized carbons (Fsp3) is 0. The average molecular weight is 665 g/mol. The number of hydrogen-bond acceptors (Lipinski definition) is 4. The molecule has 0 spiro atoms. The zero-order valence-corrected chi connectivity index (χ0v) is 27.9. The van der Waals surface area contributed by atoms with E-state index >= 15 is 0 Å². The monoisotopic (exact) mass is 664 g/mol. The SMILES string of the molecule is c1ccc(-c2cc(-n3c4ccccc4c4ccccc43)nc(-c3cccc4c3oc3ccc5c(-c6ccccc6)nc6ccccc6c5c34)n2)cc1. The Morgan fingerprint density at radius 3 is 1.83 bits per heavy atom. The Hall–Kier alpha value is -7.11. The molecule has 0 aliphatic rings. The molecule has 4 heterocycles. The second kappa shape index (κ2) is 11.2. The lowest BCUT2D eigenvalue weighted by Crippen LogP contribution is -2.02. The van der Waals surface area contributed by atoms with Crippen LogP contribution in [0.1, 0.15) is 0 Å². The van der Waals surface area contributed by atoms with Crippen molar-refractivity contribution >= 4 is 65.4 Å². The molecule has 5 nitrogen and oxygen atoms in total. The molecule has 0 unspecified atom stereocenters. The van der Waals surface area contributed by atoms with Crippen molar-refractivity contribution in [2.45, 2.75) is 0 Å². The molecule has 242 valence electrons. The molecular formula is C47H28N4O. The van der Waals surface area contributed by atoms with Gasteiger partial charge in [-0.05, 0) is 36.4 Å². The summed E-state index contributed by atoms with van der Waals surface area (Å²) in [5.74, 6) is 1.40. The van der Waals surface area contributed by atoms with Crippen LogP contribution in [0.25, 0.3) is 105 Å². The number of rotatable bonds is 4. The highest BCUT2D eigenvalue weighted by molar-refractivity contribution is 6.29. The topological polar surface area (TPSA) is 56.7 Å². The van der Waals surface area contributed by atoms with E-state index in [1.54, 1.807) is 0 Å². The lowest BCUT2D eigenvalue weighted by molar-refractivity contribution is 0.670. The molecular weight excluding hydrogens is 637 g/mol. The third kappa shape index (κ3) is 4.26. The molecule has 0 radical (unpaired) electrons. The number of aromatic nitrogens is 4.